The SMILES string of the molecule is CCc1ccc(OCc2nnc(SCc3ccccc3F)n2C)cc1. The first-order valence-corrected chi connectivity index (χ1v) is 9.12. The molecule has 0 N–H and O–H groups in total. The summed E-state index contributed by atoms with van der Waals surface area (Å²) in [6, 6.07) is 14.8. The number of ether oxygens (including phenoxy) is 1. The van der Waals surface area contributed by atoms with E-state index in [0.717, 1.165) is 23.2 Å². The van der Waals surface area contributed by atoms with Crippen molar-refractivity contribution >= 4 is 11.8 Å². The Labute approximate surface area is 151 Å². The molecule has 0 aliphatic rings. The summed E-state index contributed by atoms with van der Waals surface area (Å²) in [7, 11) is 1.89. The third-order valence-corrected chi connectivity index (χ3v) is 5.01. The lowest BCUT2D eigenvalue weighted by molar-refractivity contribution is 0.290. The predicted molar refractivity (Wildman–Crippen MR) is 97.1 cm³/mol. The number of aryl methyl sites for hydroxylation is 1. The third-order valence-electron chi connectivity index (χ3n) is 3.94. The van der Waals surface area contributed by atoms with Crippen LogP contribution in [-0.2, 0) is 25.8 Å². The van der Waals surface area contributed by atoms with E-state index in [1.165, 1.54) is 23.4 Å². The van der Waals surface area contributed by atoms with Crippen molar-refractivity contribution in [2.45, 2.75) is 30.9 Å². The minimum absolute atomic E-state index is 0.198. The molecule has 3 aromatic rings. The van der Waals surface area contributed by atoms with Gasteiger partial charge in [-0.1, -0.05) is 49.0 Å². The molecule has 0 bridgehead atoms. The van der Waals surface area contributed by atoms with Gasteiger partial charge in [0.15, 0.2) is 11.0 Å². The van der Waals surface area contributed by atoms with Gasteiger partial charge in [0.25, 0.3) is 0 Å². The molecule has 2 aromatic carbocycles. The fourth-order valence-corrected chi connectivity index (χ4v) is 3.24. The van der Waals surface area contributed by atoms with Crippen molar-refractivity contribution < 1.29 is 9.13 Å². The van der Waals surface area contributed by atoms with Gasteiger partial charge in [-0.2, -0.15) is 0 Å². The molecule has 1 aromatic heterocycles. The van der Waals surface area contributed by atoms with Gasteiger partial charge in [0, 0.05) is 12.8 Å². The summed E-state index contributed by atoms with van der Waals surface area (Å²) in [5, 5.41) is 9.09. The van der Waals surface area contributed by atoms with E-state index in [9.17, 15) is 4.39 Å². The number of hydrogen-bond acceptors (Lipinski definition) is 4. The number of thioether (sulfide) groups is 1. The average Bonchev–Trinajstić information content (AvgIpc) is 2.99. The molecule has 25 heavy (non-hydrogen) atoms. The monoisotopic (exact) mass is 357 g/mol. The number of hydrogen-bond donors (Lipinski definition) is 0. The Balaban J connectivity index is 1.59. The highest BCUT2D eigenvalue weighted by Gasteiger charge is 2.11. The van der Waals surface area contributed by atoms with Gasteiger partial charge in [0.2, 0.25) is 0 Å². The van der Waals surface area contributed by atoms with E-state index >= 15 is 0 Å². The first-order valence-electron chi connectivity index (χ1n) is 8.13. The lowest BCUT2D eigenvalue weighted by Crippen LogP contribution is -2.04. The highest BCUT2D eigenvalue weighted by Crippen LogP contribution is 2.23. The smallest absolute Gasteiger partial charge is 0.191 e. The zero-order chi connectivity index (χ0) is 17.6. The molecule has 0 fully saturated rings. The Hall–Kier alpha value is -2.34. The van der Waals surface area contributed by atoms with Crippen molar-refractivity contribution in [3.63, 3.8) is 0 Å². The maximum Gasteiger partial charge on any atom is 0.191 e. The standard InChI is InChI=1S/C19H20FN3OS/c1-3-14-8-10-16(11-9-14)24-12-18-21-22-19(23(18)2)25-13-15-6-4-5-7-17(15)20/h4-11H,3,12-13H2,1-2H3. The van der Waals surface area contributed by atoms with Crippen LogP contribution in [0.2, 0.25) is 0 Å². The first-order chi connectivity index (χ1) is 12.2. The fraction of sp³-hybridized carbons (Fsp3) is 0.263. The summed E-state index contributed by atoms with van der Waals surface area (Å²) in [6.07, 6.45) is 1.01. The zero-order valence-corrected chi connectivity index (χ0v) is 15.1. The average molecular weight is 357 g/mol. The predicted octanol–water partition coefficient (Wildman–Crippen LogP) is 4.39. The second-order valence-electron chi connectivity index (χ2n) is 5.62. The van der Waals surface area contributed by atoms with E-state index in [-0.39, 0.29) is 5.82 Å². The maximum absolute atomic E-state index is 13.7. The van der Waals surface area contributed by atoms with E-state index in [1.54, 1.807) is 12.1 Å². The van der Waals surface area contributed by atoms with Crippen molar-refractivity contribution in [1.82, 2.24) is 14.8 Å². The molecule has 6 heteroatoms. The maximum atomic E-state index is 13.7. The van der Waals surface area contributed by atoms with Crippen molar-refractivity contribution in [3.8, 4) is 5.75 Å². The molecule has 0 amide bonds. The molecule has 0 spiro atoms. The van der Waals surface area contributed by atoms with E-state index in [0.29, 0.717) is 17.9 Å². The molecular weight excluding hydrogens is 337 g/mol. The van der Waals surface area contributed by atoms with E-state index in [4.69, 9.17) is 4.74 Å². The van der Waals surface area contributed by atoms with Crippen LogP contribution in [-0.4, -0.2) is 14.8 Å². The molecule has 0 saturated heterocycles. The second kappa shape index (κ2) is 8.16. The molecule has 0 radical (unpaired) electrons. The molecule has 4 nitrogen and oxygen atoms in total. The molecule has 0 unspecified atom stereocenters. The van der Waals surface area contributed by atoms with Crippen LogP contribution in [0.4, 0.5) is 4.39 Å². The Bertz CT molecular complexity index is 833. The van der Waals surface area contributed by atoms with Gasteiger partial charge in [0.1, 0.15) is 18.2 Å². The Morgan fingerprint density at radius 3 is 2.56 bits per heavy atom. The van der Waals surface area contributed by atoms with Crippen LogP contribution in [0.15, 0.2) is 53.7 Å². The van der Waals surface area contributed by atoms with Gasteiger partial charge >= 0.3 is 0 Å². The summed E-state index contributed by atoms with van der Waals surface area (Å²) < 4.78 is 21.3. The van der Waals surface area contributed by atoms with Gasteiger partial charge in [-0.15, -0.1) is 10.2 Å². The number of nitrogens with zero attached hydrogens (tertiary/aromatic N) is 3. The summed E-state index contributed by atoms with van der Waals surface area (Å²) in [4.78, 5) is 0. The number of rotatable bonds is 7. The zero-order valence-electron chi connectivity index (χ0n) is 14.3. The normalized spacial score (nSPS) is 10.8. The number of benzene rings is 2. The van der Waals surface area contributed by atoms with Gasteiger partial charge in [-0.3, -0.25) is 0 Å². The lowest BCUT2D eigenvalue weighted by atomic mass is 10.2. The topological polar surface area (TPSA) is 39.9 Å². The number of halogens is 1. The van der Waals surface area contributed by atoms with Gasteiger partial charge in [-0.05, 0) is 35.7 Å². The lowest BCUT2D eigenvalue weighted by Gasteiger charge is -2.07. The molecular formula is C19H20FN3OS. The molecule has 3 rings (SSSR count). The van der Waals surface area contributed by atoms with Crippen LogP contribution in [0.1, 0.15) is 23.9 Å². The van der Waals surface area contributed by atoms with Crippen molar-refractivity contribution in [1.29, 1.82) is 0 Å². The highest BCUT2D eigenvalue weighted by molar-refractivity contribution is 7.98. The van der Waals surface area contributed by atoms with Gasteiger partial charge in [0.05, 0.1) is 0 Å². The van der Waals surface area contributed by atoms with Gasteiger partial charge in [-0.25, -0.2) is 4.39 Å². The van der Waals surface area contributed by atoms with Crippen LogP contribution >= 0.6 is 11.8 Å². The van der Waals surface area contributed by atoms with Crippen molar-refractivity contribution in [3.05, 3.63) is 71.3 Å². The molecule has 0 atom stereocenters. The van der Waals surface area contributed by atoms with Crippen LogP contribution in [0, 0.1) is 5.82 Å². The summed E-state index contributed by atoms with van der Waals surface area (Å²) >= 11 is 1.46. The Morgan fingerprint density at radius 1 is 1.08 bits per heavy atom. The molecule has 130 valence electrons. The van der Waals surface area contributed by atoms with Crippen LogP contribution < -0.4 is 4.74 Å². The summed E-state index contributed by atoms with van der Waals surface area (Å²) in [5.41, 5.74) is 1.93. The quantitative estimate of drug-likeness (QED) is 0.588. The first kappa shape index (κ1) is 17.5. The van der Waals surface area contributed by atoms with Crippen molar-refractivity contribution in [2.75, 3.05) is 0 Å². The summed E-state index contributed by atoms with van der Waals surface area (Å²) in [6.45, 7) is 2.46. The van der Waals surface area contributed by atoms with Crippen LogP contribution in [0.3, 0.4) is 0 Å². The van der Waals surface area contributed by atoms with Crippen LogP contribution in [0.5, 0.6) is 5.75 Å². The van der Waals surface area contributed by atoms with E-state index < -0.39 is 0 Å². The second-order valence-corrected chi connectivity index (χ2v) is 6.57. The molecule has 0 aliphatic carbocycles. The third kappa shape index (κ3) is 4.39. The summed E-state index contributed by atoms with van der Waals surface area (Å²) in [5.74, 6) is 1.85. The fourth-order valence-electron chi connectivity index (χ4n) is 2.32. The van der Waals surface area contributed by atoms with E-state index in [2.05, 4.69) is 29.3 Å². The van der Waals surface area contributed by atoms with E-state index in [1.807, 2.05) is 29.8 Å². The number of aromatic nitrogens is 3. The van der Waals surface area contributed by atoms with Gasteiger partial charge < -0.3 is 9.30 Å². The minimum Gasteiger partial charge on any atom is -0.486 e. The molecule has 0 saturated carbocycles. The minimum atomic E-state index is -0.198. The molecule has 0 aliphatic heterocycles. The van der Waals surface area contributed by atoms with Crippen LogP contribution in [0.25, 0.3) is 0 Å². The Morgan fingerprint density at radius 2 is 1.84 bits per heavy atom. The van der Waals surface area contributed by atoms with Crippen molar-refractivity contribution in [2.24, 2.45) is 7.05 Å². The highest BCUT2D eigenvalue weighted by atomic mass is 32.2. The Kier molecular flexibility index (Phi) is 5.71. The largest absolute Gasteiger partial charge is 0.486 e. The molecule has 1 heterocycles.